The van der Waals surface area contributed by atoms with Gasteiger partial charge >= 0.3 is 0 Å². The molecule has 6 nitrogen and oxygen atoms in total. The predicted molar refractivity (Wildman–Crippen MR) is 54.9 cm³/mol. The number of likely N-dealkylation sites (N-methyl/N-ethyl adjacent to an activating group) is 1. The molecule has 0 aliphatic carbocycles. The van der Waals surface area contributed by atoms with Crippen molar-refractivity contribution in [1.29, 1.82) is 0 Å². The Morgan fingerprint density at radius 1 is 1.67 bits per heavy atom. The number of nitrogens with two attached hydrogens (primary N) is 1. The Bertz CT molecular complexity index is 394. The number of rotatable bonds is 4. The Morgan fingerprint density at radius 2 is 2.33 bits per heavy atom. The number of hydrogen-bond acceptors (Lipinski definition) is 5. The Hall–Kier alpha value is -1.40. The van der Waals surface area contributed by atoms with Gasteiger partial charge in [-0.3, -0.25) is 14.5 Å². The fourth-order valence-corrected chi connectivity index (χ4v) is 1.22. The van der Waals surface area contributed by atoms with Crippen LogP contribution in [0.2, 0.25) is 0 Å². The molecule has 0 aliphatic rings. The number of carbonyl (C=O) groups excluding carboxylic acids is 1. The first-order valence-corrected chi connectivity index (χ1v) is 4.66. The average molecular weight is 213 g/mol. The Morgan fingerprint density at radius 3 is 2.80 bits per heavy atom. The van der Waals surface area contributed by atoms with E-state index in [1.54, 1.807) is 18.9 Å². The summed E-state index contributed by atoms with van der Waals surface area (Å²) in [7, 11) is 1.76. The van der Waals surface area contributed by atoms with Crippen molar-refractivity contribution in [2.75, 3.05) is 26.7 Å². The zero-order valence-electron chi connectivity index (χ0n) is 8.90. The van der Waals surface area contributed by atoms with Gasteiger partial charge in [-0.2, -0.15) is 0 Å². The first-order valence-electron chi connectivity index (χ1n) is 4.66. The first-order chi connectivity index (χ1) is 7.04. The molecular weight excluding hydrogens is 198 g/mol. The van der Waals surface area contributed by atoms with E-state index in [0.29, 0.717) is 18.8 Å². The summed E-state index contributed by atoms with van der Waals surface area (Å²) in [5, 5.41) is 0. The molecule has 1 rings (SSSR count). The zero-order chi connectivity index (χ0) is 11.4. The minimum absolute atomic E-state index is 0.115. The van der Waals surface area contributed by atoms with Gasteiger partial charge in [0.1, 0.15) is 5.76 Å². The average Bonchev–Trinajstić information content (AvgIpc) is 2.45. The van der Waals surface area contributed by atoms with Crippen LogP contribution in [0.15, 0.2) is 15.4 Å². The van der Waals surface area contributed by atoms with E-state index in [0.717, 1.165) is 4.74 Å². The number of carbonyl (C=O) groups is 1. The van der Waals surface area contributed by atoms with E-state index in [-0.39, 0.29) is 12.5 Å². The molecule has 2 N–H and O–H groups in total. The molecule has 0 bridgehead atoms. The molecule has 1 aromatic rings. The lowest BCUT2D eigenvalue weighted by molar-refractivity contribution is 0.0732. The van der Waals surface area contributed by atoms with Crippen LogP contribution in [0.5, 0.6) is 0 Å². The van der Waals surface area contributed by atoms with Crippen molar-refractivity contribution in [3.63, 3.8) is 0 Å². The monoisotopic (exact) mass is 213 g/mol. The topological polar surface area (TPSA) is 81.5 Å². The predicted octanol–water partition coefficient (Wildman–Crippen LogP) is -0.720. The van der Waals surface area contributed by atoms with E-state index in [4.69, 9.17) is 10.3 Å². The second kappa shape index (κ2) is 4.90. The normalized spacial score (nSPS) is 10.9. The summed E-state index contributed by atoms with van der Waals surface area (Å²) in [5.41, 5.74) is 4.90. The first kappa shape index (κ1) is 11.7. The molecule has 1 heterocycles. The molecule has 0 spiro atoms. The molecular formula is C9H15N3O3. The van der Waals surface area contributed by atoms with Crippen molar-refractivity contribution in [2.24, 2.45) is 5.73 Å². The van der Waals surface area contributed by atoms with Crippen LogP contribution >= 0.6 is 0 Å². The van der Waals surface area contributed by atoms with E-state index in [1.807, 2.05) is 0 Å². The Balaban J connectivity index is 2.69. The van der Waals surface area contributed by atoms with Crippen molar-refractivity contribution < 1.29 is 9.32 Å². The molecule has 6 heteroatoms. The number of hydrogen-bond donors (Lipinski definition) is 1. The maximum atomic E-state index is 11.6. The van der Waals surface area contributed by atoms with E-state index in [1.165, 1.54) is 6.07 Å². The molecule has 0 radical (unpaired) electrons. The molecule has 0 amide bonds. The smallest absolute Gasteiger partial charge is 0.290 e. The molecule has 0 aromatic carbocycles. The van der Waals surface area contributed by atoms with Gasteiger partial charge in [-0.25, -0.2) is 0 Å². The second-order valence-electron chi connectivity index (χ2n) is 3.40. The van der Waals surface area contributed by atoms with Crippen molar-refractivity contribution >= 4 is 5.91 Å². The van der Waals surface area contributed by atoms with Crippen LogP contribution < -0.4 is 11.3 Å². The largest absolute Gasteiger partial charge is 0.373 e. The van der Waals surface area contributed by atoms with E-state index in [9.17, 15) is 9.59 Å². The molecule has 0 atom stereocenters. The zero-order valence-corrected chi connectivity index (χ0v) is 8.90. The van der Waals surface area contributed by atoms with Crippen LogP contribution in [0.3, 0.4) is 0 Å². The molecule has 0 fully saturated rings. The van der Waals surface area contributed by atoms with Gasteiger partial charge in [0.25, 0.3) is 11.5 Å². The van der Waals surface area contributed by atoms with Crippen LogP contribution in [0.4, 0.5) is 0 Å². The summed E-state index contributed by atoms with van der Waals surface area (Å²) in [6.45, 7) is 2.80. The highest BCUT2D eigenvalue weighted by Gasteiger charge is 2.13. The van der Waals surface area contributed by atoms with Gasteiger partial charge in [0, 0.05) is 19.2 Å². The molecule has 84 valence electrons. The summed E-state index contributed by atoms with van der Waals surface area (Å²) < 4.78 is 5.72. The van der Waals surface area contributed by atoms with Crippen LogP contribution in [-0.2, 0) is 0 Å². The standard InChI is InChI=1S/C9H15N3O3/c1-7-5-8(13)12(15-7)9(14)6-11(2)4-3-10/h5H,3-4,6,10H2,1-2H3. The van der Waals surface area contributed by atoms with Crippen LogP contribution in [0, 0.1) is 6.92 Å². The fraction of sp³-hybridized carbons (Fsp3) is 0.556. The lowest BCUT2D eigenvalue weighted by Crippen LogP contribution is -2.35. The minimum Gasteiger partial charge on any atom is -0.373 e. The number of aromatic nitrogens is 1. The van der Waals surface area contributed by atoms with E-state index >= 15 is 0 Å². The van der Waals surface area contributed by atoms with E-state index < -0.39 is 5.56 Å². The van der Waals surface area contributed by atoms with Crippen molar-refractivity contribution in [3.05, 3.63) is 22.2 Å². The SMILES string of the molecule is Cc1cc(=O)n(C(=O)CN(C)CCN)o1. The summed E-state index contributed by atoms with van der Waals surface area (Å²) in [5.74, 6) is 0.0406. The quantitative estimate of drug-likeness (QED) is 0.713. The van der Waals surface area contributed by atoms with Crippen LogP contribution in [-0.4, -0.2) is 42.2 Å². The molecule has 0 saturated carbocycles. The molecule has 1 aromatic heterocycles. The van der Waals surface area contributed by atoms with Gasteiger partial charge < -0.3 is 10.3 Å². The maximum absolute atomic E-state index is 11.6. The fourth-order valence-electron chi connectivity index (χ4n) is 1.22. The van der Waals surface area contributed by atoms with Gasteiger partial charge in [0.15, 0.2) is 0 Å². The Labute approximate surface area is 87.2 Å². The van der Waals surface area contributed by atoms with Crippen molar-refractivity contribution in [3.8, 4) is 0 Å². The van der Waals surface area contributed by atoms with Crippen LogP contribution in [0.25, 0.3) is 0 Å². The number of nitrogens with zero attached hydrogens (tertiary/aromatic N) is 2. The van der Waals surface area contributed by atoms with Gasteiger partial charge in [0.05, 0.1) is 6.54 Å². The third-order valence-electron chi connectivity index (χ3n) is 1.90. The van der Waals surface area contributed by atoms with Gasteiger partial charge in [-0.1, -0.05) is 0 Å². The Kier molecular flexibility index (Phi) is 3.81. The minimum atomic E-state index is -0.432. The van der Waals surface area contributed by atoms with Gasteiger partial charge in [0.2, 0.25) is 0 Å². The summed E-state index contributed by atoms with van der Waals surface area (Å²) in [6.07, 6.45) is 0. The molecule has 0 saturated heterocycles. The summed E-state index contributed by atoms with van der Waals surface area (Å²) in [4.78, 5) is 24.5. The van der Waals surface area contributed by atoms with Gasteiger partial charge in [-0.05, 0) is 14.0 Å². The third-order valence-corrected chi connectivity index (χ3v) is 1.90. The van der Waals surface area contributed by atoms with E-state index in [2.05, 4.69) is 0 Å². The van der Waals surface area contributed by atoms with Gasteiger partial charge in [-0.15, -0.1) is 4.74 Å². The third kappa shape index (κ3) is 3.03. The molecule has 0 aliphatic heterocycles. The maximum Gasteiger partial charge on any atom is 0.290 e. The van der Waals surface area contributed by atoms with Crippen molar-refractivity contribution in [2.45, 2.75) is 6.92 Å². The lowest BCUT2D eigenvalue weighted by atomic mass is 10.5. The second-order valence-corrected chi connectivity index (χ2v) is 3.40. The van der Waals surface area contributed by atoms with Crippen molar-refractivity contribution in [1.82, 2.24) is 9.64 Å². The summed E-state index contributed by atoms with van der Waals surface area (Å²) in [6, 6.07) is 1.28. The highest BCUT2D eigenvalue weighted by molar-refractivity contribution is 5.79. The highest BCUT2D eigenvalue weighted by Crippen LogP contribution is 1.93. The van der Waals surface area contributed by atoms with Crippen LogP contribution in [0.1, 0.15) is 10.6 Å². The summed E-state index contributed by atoms with van der Waals surface area (Å²) >= 11 is 0. The lowest BCUT2D eigenvalue weighted by Gasteiger charge is -2.12. The number of aryl methyl sites for hydroxylation is 1. The highest BCUT2D eigenvalue weighted by atomic mass is 16.5. The molecule has 0 unspecified atom stereocenters. The molecule has 15 heavy (non-hydrogen) atoms.